The molecule has 0 saturated carbocycles. The van der Waals surface area contributed by atoms with Gasteiger partial charge in [-0.2, -0.15) is 0 Å². The van der Waals surface area contributed by atoms with E-state index in [1.807, 2.05) is 60.0 Å². The molecule has 0 bridgehead atoms. The number of nitrogens with one attached hydrogen (secondary N) is 1. The van der Waals surface area contributed by atoms with Gasteiger partial charge in [-0.15, -0.1) is 10.2 Å². The van der Waals surface area contributed by atoms with Crippen LogP contribution in [0.4, 0.5) is 0 Å². The van der Waals surface area contributed by atoms with Crippen molar-refractivity contribution in [3.63, 3.8) is 0 Å². The van der Waals surface area contributed by atoms with Gasteiger partial charge in [0.25, 0.3) is 0 Å². The van der Waals surface area contributed by atoms with Gasteiger partial charge in [-0.25, -0.2) is 0 Å². The number of carbonyl (C=O) groups is 1. The van der Waals surface area contributed by atoms with E-state index in [1.165, 1.54) is 11.8 Å². The average molecular weight is 409 g/mol. The van der Waals surface area contributed by atoms with Crippen LogP contribution in [0.2, 0.25) is 5.02 Å². The normalized spacial score (nSPS) is 10.9. The molecule has 0 fully saturated rings. The van der Waals surface area contributed by atoms with Gasteiger partial charge in [0, 0.05) is 22.5 Å². The van der Waals surface area contributed by atoms with Crippen LogP contribution in [0.15, 0.2) is 72.0 Å². The summed E-state index contributed by atoms with van der Waals surface area (Å²) in [5.74, 6) is 0.990. The lowest BCUT2D eigenvalue weighted by atomic mass is 10.2. The average Bonchev–Trinajstić information content (AvgIpc) is 3.37. The topological polar surface area (TPSA) is 63.6 Å². The Morgan fingerprint density at radius 2 is 1.93 bits per heavy atom. The van der Waals surface area contributed by atoms with Crippen molar-refractivity contribution in [3.05, 3.63) is 83.1 Å². The molecule has 0 amide bonds. The van der Waals surface area contributed by atoms with Crippen molar-refractivity contribution >= 4 is 29.1 Å². The van der Waals surface area contributed by atoms with Crippen LogP contribution in [0.5, 0.6) is 0 Å². The van der Waals surface area contributed by atoms with Crippen LogP contribution >= 0.6 is 23.4 Å². The van der Waals surface area contributed by atoms with Crippen molar-refractivity contribution in [2.75, 3.05) is 5.75 Å². The highest BCUT2D eigenvalue weighted by Gasteiger charge is 2.18. The van der Waals surface area contributed by atoms with Crippen LogP contribution < -0.4 is 0 Å². The number of carbonyl (C=O) groups excluding carboxylic acids is 1. The number of thioether (sulfide) groups is 1. The lowest BCUT2D eigenvalue weighted by Gasteiger charge is -2.11. The third-order valence-corrected chi connectivity index (χ3v) is 5.41. The van der Waals surface area contributed by atoms with E-state index in [9.17, 15) is 4.79 Å². The van der Waals surface area contributed by atoms with Crippen molar-refractivity contribution < 1.29 is 4.79 Å². The summed E-state index contributed by atoms with van der Waals surface area (Å²) in [7, 11) is 0. The summed E-state index contributed by atoms with van der Waals surface area (Å²) in [4.78, 5) is 15.3. The second-order valence-corrected chi connectivity index (χ2v) is 7.66. The van der Waals surface area contributed by atoms with Gasteiger partial charge in [-0.05, 0) is 61.0 Å². The molecular formula is C21H17ClN4OS. The molecule has 0 unspecified atom stereocenters. The number of benzene rings is 2. The fraction of sp³-hybridized carbons (Fsp3) is 0.0952. The van der Waals surface area contributed by atoms with E-state index in [0.29, 0.717) is 21.7 Å². The van der Waals surface area contributed by atoms with Gasteiger partial charge < -0.3 is 4.98 Å². The molecule has 0 aliphatic carbocycles. The van der Waals surface area contributed by atoms with E-state index < -0.39 is 0 Å². The maximum Gasteiger partial charge on any atom is 0.196 e. The van der Waals surface area contributed by atoms with E-state index in [4.69, 9.17) is 11.6 Å². The molecule has 0 aliphatic heterocycles. The smallest absolute Gasteiger partial charge is 0.196 e. The molecule has 0 aliphatic rings. The number of aryl methyl sites for hydroxylation is 1. The highest BCUT2D eigenvalue weighted by atomic mass is 35.5. The molecule has 0 saturated heterocycles. The predicted molar refractivity (Wildman–Crippen MR) is 112 cm³/mol. The van der Waals surface area contributed by atoms with Gasteiger partial charge >= 0.3 is 0 Å². The van der Waals surface area contributed by atoms with Gasteiger partial charge in [-0.3, -0.25) is 9.36 Å². The maximum atomic E-state index is 12.4. The molecule has 0 spiro atoms. The summed E-state index contributed by atoms with van der Waals surface area (Å²) < 4.78 is 1.98. The number of hydrogen-bond donors (Lipinski definition) is 1. The number of ketones is 1. The highest BCUT2D eigenvalue weighted by Crippen LogP contribution is 2.29. The first kappa shape index (κ1) is 18.5. The molecule has 2 aromatic carbocycles. The molecule has 2 aromatic heterocycles. The van der Waals surface area contributed by atoms with E-state index in [-0.39, 0.29) is 11.5 Å². The Labute approximate surface area is 171 Å². The molecule has 4 aromatic rings. The Kier molecular flexibility index (Phi) is 5.32. The number of nitrogens with zero attached hydrogens (tertiary/aromatic N) is 3. The van der Waals surface area contributed by atoms with Crippen LogP contribution in [0.3, 0.4) is 0 Å². The zero-order valence-corrected chi connectivity index (χ0v) is 16.7. The number of halogens is 1. The van der Waals surface area contributed by atoms with E-state index in [1.54, 1.807) is 12.3 Å². The summed E-state index contributed by atoms with van der Waals surface area (Å²) in [5.41, 5.74) is 3.57. The Hall–Kier alpha value is -2.83. The third-order valence-electron chi connectivity index (χ3n) is 4.23. The zero-order chi connectivity index (χ0) is 19.5. The molecule has 2 heterocycles. The van der Waals surface area contributed by atoms with Gasteiger partial charge in [-0.1, -0.05) is 35.5 Å². The van der Waals surface area contributed by atoms with Gasteiger partial charge in [0.1, 0.15) is 0 Å². The van der Waals surface area contributed by atoms with Crippen molar-refractivity contribution in [3.8, 4) is 17.1 Å². The number of H-pyrrole nitrogens is 1. The van der Waals surface area contributed by atoms with Crippen LogP contribution in [0.25, 0.3) is 17.1 Å². The first-order valence-corrected chi connectivity index (χ1v) is 10.1. The molecule has 7 heteroatoms. The molecule has 28 heavy (non-hydrogen) atoms. The quantitative estimate of drug-likeness (QED) is 0.352. The minimum absolute atomic E-state index is 0.0156. The second-order valence-electron chi connectivity index (χ2n) is 6.28. The third kappa shape index (κ3) is 3.88. The number of aromatic amines is 1. The molecule has 1 N–H and O–H groups in total. The minimum atomic E-state index is 0.0156. The van der Waals surface area contributed by atoms with E-state index >= 15 is 0 Å². The lowest BCUT2D eigenvalue weighted by Crippen LogP contribution is -2.05. The van der Waals surface area contributed by atoms with E-state index in [2.05, 4.69) is 21.2 Å². The number of rotatable bonds is 6. The predicted octanol–water partition coefficient (Wildman–Crippen LogP) is 5.20. The van der Waals surface area contributed by atoms with Crippen molar-refractivity contribution in [2.45, 2.75) is 12.1 Å². The largest absolute Gasteiger partial charge is 0.359 e. The summed E-state index contributed by atoms with van der Waals surface area (Å²) in [6.45, 7) is 2.04. The SMILES string of the molecule is Cc1cccc(-n2c(SCC(=O)c3ccc[nH]3)nnc2-c2ccc(Cl)cc2)c1. The Bertz CT molecular complexity index is 1100. The monoisotopic (exact) mass is 408 g/mol. The summed E-state index contributed by atoms with van der Waals surface area (Å²) in [6, 6.07) is 19.2. The number of aromatic nitrogens is 4. The minimum Gasteiger partial charge on any atom is -0.359 e. The lowest BCUT2D eigenvalue weighted by molar-refractivity contribution is 0.101. The molecule has 140 valence electrons. The van der Waals surface area contributed by atoms with Crippen molar-refractivity contribution in [2.24, 2.45) is 0 Å². The van der Waals surface area contributed by atoms with E-state index in [0.717, 1.165) is 16.8 Å². The Morgan fingerprint density at radius 3 is 2.64 bits per heavy atom. The molecule has 0 atom stereocenters. The van der Waals surface area contributed by atoms with Crippen LogP contribution in [0, 0.1) is 6.92 Å². The van der Waals surface area contributed by atoms with Gasteiger partial charge in [0.05, 0.1) is 11.4 Å². The Balaban J connectivity index is 1.72. The van der Waals surface area contributed by atoms with Gasteiger partial charge in [0.15, 0.2) is 16.8 Å². The fourth-order valence-electron chi connectivity index (χ4n) is 2.86. The second kappa shape index (κ2) is 8.04. The molecule has 0 radical (unpaired) electrons. The van der Waals surface area contributed by atoms with Crippen LogP contribution in [0.1, 0.15) is 16.1 Å². The summed E-state index contributed by atoms with van der Waals surface area (Å²) in [5, 5.41) is 10.1. The number of Topliss-reactive ketones (excluding diaryl/α,β-unsaturated/α-hetero) is 1. The van der Waals surface area contributed by atoms with Crippen molar-refractivity contribution in [1.82, 2.24) is 19.7 Å². The fourth-order valence-corrected chi connectivity index (χ4v) is 3.82. The van der Waals surface area contributed by atoms with Crippen LogP contribution in [-0.2, 0) is 0 Å². The summed E-state index contributed by atoms with van der Waals surface area (Å²) >= 11 is 7.39. The summed E-state index contributed by atoms with van der Waals surface area (Å²) in [6.07, 6.45) is 1.74. The first-order chi connectivity index (χ1) is 13.6. The highest BCUT2D eigenvalue weighted by molar-refractivity contribution is 7.99. The first-order valence-electron chi connectivity index (χ1n) is 8.69. The molecular weight excluding hydrogens is 392 g/mol. The zero-order valence-electron chi connectivity index (χ0n) is 15.1. The molecule has 4 rings (SSSR count). The maximum absolute atomic E-state index is 12.4. The number of hydrogen-bond acceptors (Lipinski definition) is 4. The molecule has 5 nitrogen and oxygen atoms in total. The van der Waals surface area contributed by atoms with Crippen LogP contribution in [-0.4, -0.2) is 31.3 Å². The standard InChI is InChI=1S/C21H17ClN4OS/c1-14-4-2-5-17(12-14)26-20(15-7-9-16(22)10-8-15)24-25-21(26)28-13-19(27)18-6-3-11-23-18/h2-12,23H,13H2,1H3. The Morgan fingerprint density at radius 1 is 1.11 bits per heavy atom. The van der Waals surface area contributed by atoms with Gasteiger partial charge in [0.2, 0.25) is 0 Å². The van der Waals surface area contributed by atoms with Crippen molar-refractivity contribution in [1.29, 1.82) is 0 Å².